The second-order valence-corrected chi connectivity index (χ2v) is 5.85. The van der Waals surface area contributed by atoms with Crippen molar-refractivity contribution in [1.82, 2.24) is 20.3 Å². The first-order valence-electron chi connectivity index (χ1n) is 7.88. The Morgan fingerprint density at radius 1 is 1.38 bits per heavy atom. The second-order valence-electron chi connectivity index (χ2n) is 5.85. The molecule has 2 rings (SSSR count). The van der Waals surface area contributed by atoms with Crippen molar-refractivity contribution >= 4 is 17.8 Å². The first kappa shape index (κ1) is 17.9. The maximum absolute atomic E-state index is 12.1. The summed E-state index contributed by atoms with van der Waals surface area (Å²) in [6.07, 6.45) is 3.65. The molecule has 0 saturated heterocycles. The Kier molecular flexibility index (Phi) is 5.88. The van der Waals surface area contributed by atoms with Crippen LogP contribution < -0.4 is 5.32 Å². The lowest BCUT2D eigenvalue weighted by Crippen LogP contribution is -2.44. The van der Waals surface area contributed by atoms with Gasteiger partial charge in [0.2, 0.25) is 5.91 Å². The number of hydrogen-bond donors (Lipinski definition) is 1. The zero-order valence-electron chi connectivity index (χ0n) is 14.0. The molecule has 24 heavy (non-hydrogen) atoms. The topological polar surface area (TPSA) is 112 Å². The fourth-order valence-corrected chi connectivity index (χ4v) is 2.17. The Balaban J connectivity index is 1.84. The minimum absolute atomic E-state index is 0.0101. The fourth-order valence-electron chi connectivity index (χ4n) is 2.17. The van der Waals surface area contributed by atoms with Crippen molar-refractivity contribution in [2.45, 2.75) is 51.8 Å². The summed E-state index contributed by atoms with van der Waals surface area (Å²) in [6.45, 7) is 3.16. The summed E-state index contributed by atoms with van der Waals surface area (Å²) in [5.74, 6) is -1.10. The molecule has 0 spiro atoms. The lowest BCUT2D eigenvalue weighted by Gasteiger charge is -2.25. The quantitative estimate of drug-likeness (QED) is 0.714. The predicted molar refractivity (Wildman–Crippen MR) is 81.5 cm³/mol. The van der Waals surface area contributed by atoms with E-state index in [-0.39, 0.29) is 18.4 Å². The molecule has 2 unspecified atom stereocenters. The molecule has 9 heteroatoms. The van der Waals surface area contributed by atoms with E-state index in [0.717, 1.165) is 19.3 Å². The molecule has 132 valence electrons. The van der Waals surface area contributed by atoms with Crippen LogP contribution in [0.25, 0.3) is 0 Å². The van der Waals surface area contributed by atoms with Crippen molar-refractivity contribution in [2.75, 3.05) is 7.11 Å². The number of aromatic nitrogens is 3. The van der Waals surface area contributed by atoms with E-state index in [1.807, 2.05) is 0 Å². The maximum atomic E-state index is 12.1. The van der Waals surface area contributed by atoms with Crippen LogP contribution in [0.1, 0.15) is 44.9 Å². The molecule has 1 aliphatic rings. The van der Waals surface area contributed by atoms with Crippen molar-refractivity contribution in [3.05, 3.63) is 11.9 Å². The van der Waals surface area contributed by atoms with Gasteiger partial charge in [-0.05, 0) is 26.7 Å². The van der Waals surface area contributed by atoms with Gasteiger partial charge in [-0.3, -0.25) is 9.59 Å². The molecule has 1 N–H and O–H groups in total. The largest absolute Gasteiger partial charge is 0.468 e. The van der Waals surface area contributed by atoms with Gasteiger partial charge in [-0.15, -0.1) is 5.10 Å². The number of carbonyl (C=O) groups excluding carboxylic acids is 3. The third kappa shape index (κ3) is 4.53. The van der Waals surface area contributed by atoms with E-state index < -0.39 is 24.1 Å². The third-order valence-electron chi connectivity index (χ3n) is 3.97. The molecule has 1 aromatic rings. The normalized spacial score (nSPS) is 16.6. The number of esters is 2. The van der Waals surface area contributed by atoms with Crippen molar-refractivity contribution in [1.29, 1.82) is 0 Å². The Bertz CT molecular complexity index is 611. The molecular formula is C15H22N4O5. The Morgan fingerprint density at radius 2 is 2.08 bits per heavy atom. The molecular weight excluding hydrogens is 316 g/mol. The number of rotatable bonds is 7. The van der Waals surface area contributed by atoms with Gasteiger partial charge in [0.15, 0.2) is 0 Å². The first-order chi connectivity index (χ1) is 11.4. The minimum atomic E-state index is -0.731. The van der Waals surface area contributed by atoms with Crippen LogP contribution in [0, 0.1) is 5.92 Å². The molecule has 1 saturated carbocycles. The van der Waals surface area contributed by atoms with E-state index in [1.165, 1.54) is 18.0 Å². The fraction of sp³-hybridized carbons (Fsp3) is 0.667. The van der Waals surface area contributed by atoms with E-state index in [2.05, 4.69) is 20.4 Å². The van der Waals surface area contributed by atoms with Crippen LogP contribution in [0.4, 0.5) is 0 Å². The van der Waals surface area contributed by atoms with E-state index in [4.69, 9.17) is 4.74 Å². The summed E-state index contributed by atoms with van der Waals surface area (Å²) in [5.41, 5.74) is 0.407. The van der Waals surface area contributed by atoms with Gasteiger partial charge in [0.1, 0.15) is 24.4 Å². The van der Waals surface area contributed by atoms with Gasteiger partial charge in [0.25, 0.3) is 0 Å². The summed E-state index contributed by atoms with van der Waals surface area (Å²) in [5, 5.41) is 10.3. The van der Waals surface area contributed by atoms with Crippen LogP contribution in [-0.4, -0.2) is 46.0 Å². The standard InChI is InChI=1S/C15H22N4O5/c1-9(16-14(21)11-5-4-6-11)15(22)24-10(2)12-7-19(18-17-12)8-13(20)23-3/h7,9-11H,4-6,8H2,1-3H3,(H,16,21). The van der Waals surface area contributed by atoms with Crippen LogP contribution in [0.2, 0.25) is 0 Å². The van der Waals surface area contributed by atoms with Crippen LogP contribution >= 0.6 is 0 Å². The number of methoxy groups -OCH3 is 1. The van der Waals surface area contributed by atoms with Gasteiger partial charge in [0.05, 0.1) is 13.3 Å². The highest BCUT2D eigenvalue weighted by atomic mass is 16.5. The SMILES string of the molecule is COC(=O)Cn1cc(C(C)OC(=O)C(C)NC(=O)C2CCC2)nn1. The molecule has 2 atom stereocenters. The summed E-state index contributed by atoms with van der Waals surface area (Å²) in [4.78, 5) is 35.1. The molecule has 1 aliphatic carbocycles. The summed E-state index contributed by atoms with van der Waals surface area (Å²) in [7, 11) is 1.28. The molecule has 1 amide bonds. The zero-order valence-corrected chi connectivity index (χ0v) is 14.0. The van der Waals surface area contributed by atoms with E-state index in [0.29, 0.717) is 5.69 Å². The van der Waals surface area contributed by atoms with Crippen molar-refractivity contribution in [3.63, 3.8) is 0 Å². The van der Waals surface area contributed by atoms with E-state index in [9.17, 15) is 14.4 Å². The highest BCUT2D eigenvalue weighted by Crippen LogP contribution is 2.26. The molecule has 9 nitrogen and oxygen atoms in total. The van der Waals surface area contributed by atoms with Crippen molar-refractivity contribution < 1.29 is 23.9 Å². The van der Waals surface area contributed by atoms with Crippen LogP contribution in [-0.2, 0) is 30.4 Å². The molecule has 0 bridgehead atoms. The molecule has 0 aliphatic heterocycles. The molecule has 0 radical (unpaired) electrons. The highest BCUT2D eigenvalue weighted by Gasteiger charge is 2.28. The van der Waals surface area contributed by atoms with Crippen LogP contribution in [0.3, 0.4) is 0 Å². The maximum Gasteiger partial charge on any atom is 0.329 e. The number of carbonyl (C=O) groups is 3. The predicted octanol–water partition coefficient (Wildman–Crippen LogP) is 0.360. The van der Waals surface area contributed by atoms with Crippen molar-refractivity contribution in [3.8, 4) is 0 Å². The van der Waals surface area contributed by atoms with Gasteiger partial charge in [-0.1, -0.05) is 11.6 Å². The van der Waals surface area contributed by atoms with Crippen LogP contribution in [0.5, 0.6) is 0 Å². The average Bonchev–Trinajstić information content (AvgIpc) is 2.93. The number of nitrogens with one attached hydrogen (secondary N) is 1. The van der Waals surface area contributed by atoms with Crippen molar-refractivity contribution in [2.24, 2.45) is 5.92 Å². The first-order valence-corrected chi connectivity index (χ1v) is 7.88. The smallest absolute Gasteiger partial charge is 0.329 e. The van der Waals surface area contributed by atoms with Gasteiger partial charge >= 0.3 is 11.9 Å². The van der Waals surface area contributed by atoms with Gasteiger partial charge in [-0.2, -0.15) is 0 Å². The molecule has 1 fully saturated rings. The number of hydrogen-bond acceptors (Lipinski definition) is 7. The Hall–Kier alpha value is -2.45. The van der Waals surface area contributed by atoms with E-state index >= 15 is 0 Å². The van der Waals surface area contributed by atoms with E-state index in [1.54, 1.807) is 13.8 Å². The summed E-state index contributed by atoms with van der Waals surface area (Å²) < 4.78 is 11.1. The second kappa shape index (κ2) is 7.89. The lowest BCUT2D eigenvalue weighted by atomic mass is 9.84. The number of amides is 1. The number of ether oxygens (including phenoxy) is 2. The third-order valence-corrected chi connectivity index (χ3v) is 3.97. The molecule has 0 aromatic carbocycles. The summed E-state index contributed by atoms with van der Waals surface area (Å²) in [6, 6.07) is -0.731. The van der Waals surface area contributed by atoms with Gasteiger partial charge in [0, 0.05) is 5.92 Å². The Labute approximate surface area is 139 Å². The van der Waals surface area contributed by atoms with Gasteiger partial charge < -0.3 is 14.8 Å². The minimum Gasteiger partial charge on any atom is -0.468 e. The molecule has 1 aromatic heterocycles. The Morgan fingerprint density at radius 3 is 2.67 bits per heavy atom. The average molecular weight is 338 g/mol. The number of nitrogens with zero attached hydrogens (tertiary/aromatic N) is 3. The summed E-state index contributed by atoms with van der Waals surface area (Å²) >= 11 is 0. The van der Waals surface area contributed by atoms with Crippen LogP contribution in [0.15, 0.2) is 6.20 Å². The highest BCUT2D eigenvalue weighted by molar-refractivity contribution is 5.85. The zero-order chi connectivity index (χ0) is 17.7. The monoisotopic (exact) mass is 338 g/mol. The molecule has 1 heterocycles. The lowest BCUT2D eigenvalue weighted by molar-refractivity contribution is -0.152. The van der Waals surface area contributed by atoms with Gasteiger partial charge in [-0.25, -0.2) is 9.48 Å².